The Balaban J connectivity index is 1.40. The molecule has 36 heavy (non-hydrogen) atoms. The molecule has 4 amide bonds. The highest BCUT2D eigenvalue weighted by Gasteiger charge is 2.35. The number of amides is 4. The number of urea groups is 1. The number of rotatable bonds is 5. The van der Waals surface area contributed by atoms with E-state index in [4.69, 9.17) is 5.73 Å². The zero-order valence-electron chi connectivity index (χ0n) is 20.6. The third-order valence-corrected chi connectivity index (χ3v) is 7.14. The number of aromatic nitrogens is 1. The van der Waals surface area contributed by atoms with Gasteiger partial charge in [-0.25, -0.2) is 9.78 Å². The second-order valence-corrected chi connectivity index (χ2v) is 9.55. The Hall–Kier alpha value is -4.20. The van der Waals surface area contributed by atoms with E-state index in [0.717, 1.165) is 28.8 Å². The smallest absolute Gasteiger partial charge is 0.330 e. The monoisotopic (exact) mass is 483 g/mol. The third-order valence-electron chi connectivity index (χ3n) is 7.14. The Morgan fingerprint density at radius 3 is 2.36 bits per heavy atom. The van der Waals surface area contributed by atoms with Gasteiger partial charge in [0.05, 0.1) is 0 Å². The number of anilines is 3. The van der Waals surface area contributed by atoms with E-state index in [9.17, 15) is 14.4 Å². The van der Waals surface area contributed by atoms with Crippen LogP contribution in [-0.2, 0) is 4.79 Å². The van der Waals surface area contributed by atoms with Crippen molar-refractivity contribution in [3.8, 4) is 11.1 Å². The van der Waals surface area contributed by atoms with Crippen molar-refractivity contribution in [3.63, 3.8) is 0 Å². The molecule has 2 N–H and O–H groups in total. The summed E-state index contributed by atoms with van der Waals surface area (Å²) in [5.74, 6) is 0.276. The molecule has 2 saturated heterocycles. The minimum absolute atomic E-state index is 0.0421. The van der Waals surface area contributed by atoms with Gasteiger partial charge < -0.3 is 10.6 Å². The van der Waals surface area contributed by atoms with Gasteiger partial charge in [-0.3, -0.25) is 19.4 Å². The number of benzene rings is 2. The van der Waals surface area contributed by atoms with Crippen LogP contribution in [0.5, 0.6) is 0 Å². The van der Waals surface area contributed by atoms with Crippen molar-refractivity contribution >= 4 is 35.0 Å². The van der Waals surface area contributed by atoms with E-state index in [1.54, 1.807) is 40.3 Å². The molecule has 184 valence electrons. The summed E-state index contributed by atoms with van der Waals surface area (Å²) in [7, 11) is 0. The number of primary amides is 1. The van der Waals surface area contributed by atoms with Crippen LogP contribution in [0.2, 0.25) is 0 Å². The summed E-state index contributed by atoms with van der Waals surface area (Å²) in [6.07, 6.45) is 2.57. The summed E-state index contributed by atoms with van der Waals surface area (Å²) < 4.78 is 0. The van der Waals surface area contributed by atoms with Gasteiger partial charge in [-0.05, 0) is 73.4 Å². The molecule has 2 fully saturated rings. The van der Waals surface area contributed by atoms with Crippen LogP contribution in [0.25, 0.3) is 11.1 Å². The molecule has 0 bridgehead atoms. The molecule has 2 aliphatic rings. The third kappa shape index (κ3) is 3.98. The van der Waals surface area contributed by atoms with Crippen LogP contribution in [0.3, 0.4) is 0 Å². The molecule has 0 radical (unpaired) electrons. The van der Waals surface area contributed by atoms with E-state index in [1.807, 2.05) is 49.1 Å². The lowest BCUT2D eigenvalue weighted by Gasteiger charge is -2.23. The highest BCUT2D eigenvalue weighted by molar-refractivity contribution is 6.07. The van der Waals surface area contributed by atoms with Gasteiger partial charge in [0.15, 0.2) is 0 Å². The number of carbonyl (C=O) groups excluding carboxylic acids is 3. The molecular weight excluding hydrogens is 454 g/mol. The van der Waals surface area contributed by atoms with Crippen molar-refractivity contribution in [1.29, 1.82) is 0 Å². The van der Waals surface area contributed by atoms with Crippen LogP contribution in [0.4, 0.5) is 22.0 Å². The van der Waals surface area contributed by atoms with E-state index in [-0.39, 0.29) is 23.9 Å². The standard InChI is InChI=1S/C28H29N5O3/c1-17-15-18(2)33(27(17)35)22-9-7-20(8-10-22)24-11-12-30-26(19(24)3)32-14-13-31(28(32)36)23-6-4-5-21(16-23)25(29)34/h4-12,16-18H,13-15H2,1-3H3,(H2,29,34)/t17-,18+/m0/s1. The molecule has 3 aromatic rings. The fraction of sp³-hybridized carbons (Fsp3) is 0.286. The second-order valence-electron chi connectivity index (χ2n) is 9.55. The van der Waals surface area contributed by atoms with E-state index in [2.05, 4.69) is 11.9 Å². The maximum absolute atomic E-state index is 13.3. The molecular formula is C28H29N5O3. The Kier molecular flexibility index (Phi) is 5.96. The quantitative estimate of drug-likeness (QED) is 0.583. The van der Waals surface area contributed by atoms with Gasteiger partial charge >= 0.3 is 6.03 Å². The first kappa shape index (κ1) is 23.5. The average molecular weight is 484 g/mol. The maximum atomic E-state index is 13.3. The molecule has 2 aromatic carbocycles. The molecule has 2 atom stereocenters. The molecule has 5 rings (SSSR count). The van der Waals surface area contributed by atoms with Gasteiger partial charge in [-0.1, -0.05) is 25.1 Å². The van der Waals surface area contributed by atoms with E-state index in [1.165, 1.54) is 0 Å². The predicted octanol–water partition coefficient (Wildman–Crippen LogP) is 4.36. The average Bonchev–Trinajstić information content (AvgIpc) is 3.37. The minimum atomic E-state index is -0.533. The lowest BCUT2D eigenvalue weighted by Crippen LogP contribution is -2.32. The fourth-order valence-electron chi connectivity index (χ4n) is 5.27. The molecule has 3 heterocycles. The van der Waals surface area contributed by atoms with Crippen molar-refractivity contribution in [2.24, 2.45) is 11.7 Å². The lowest BCUT2D eigenvalue weighted by molar-refractivity contribution is -0.120. The first-order valence-electron chi connectivity index (χ1n) is 12.1. The molecule has 0 spiro atoms. The number of nitrogens with zero attached hydrogens (tertiary/aromatic N) is 4. The van der Waals surface area contributed by atoms with Crippen LogP contribution in [0, 0.1) is 12.8 Å². The minimum Gasteiger partial charge on any atom is -0.366 e. The van der Waals surface area contributed by atoms with E-state index >= 15 is 0 Å². The maximum Gasteiger partial charge on any atom is 0.330 e. The highest BCUT2D eigenvalue weighted by Crippen LogP contribution is 2.35. The van der Waals surface area contributed by atoms with Crippen molar-refractivity contribution in [2.45, 2.75) is 33.2 Å². The molecule has 0 aliphatic carbocycles. The van der Waals surface area contributed by atoms with Crippen LogP contribution >= 0.6 is 0 Å². The van der Waals surface area contributed by atoms with Crippen molar-refractivity contribution in [1.82, 2.24) is 4.98 Å². The summed E-state index contributed by atoms with van der Waals surface area (Å²) in [4.78, 5) is 47.2. The largest absolute Gasteiger partial charge is 0.366 e. The van der Waals surface area contributed by atoms with E-state index in [0.29, 0.717) is 30.2 Å². The normalized spacial score (nSPS) is 19.9. The van der Waals surface area contributed by atoms with Gasteiger partial charge in [0, 0.05) is 48.2 Å². The van der Waals surface area contributed by atoms with Gasteiger partial charge in [0.1, 0.15) is 5.82 Å². The van der Waals surface area contributed by atoms with Gasteiger partial charge in [-0.15, -0.1) is 0 Å². The number of hydrogen-bond acceptors (Lipinski definition) is 4. The number of hydrogen-bond donors (Lipinski definition) is 1. The molecule has 8 heteroatoms. The topological polar surface area (TPSA) is 99.8 Å². The Bertz CT molecular complexity index is 1350. The number of carbonyl (C=O) groups is 3. The van der Waals surface area contributed by atoms with Crippen molar-refractivity contribution < 1.29 is 14.4 Å². The first-order valence-corrected chi connectivity index (χ1v) is 12.1. The van der Waals surface area contributed by atoms with Crippen molar-refractivity contribution in [2.75, 3.05) is 27.8 Å². The summed E-state index contributed by atoms with van der Waals surface area (Å²) in [6.45, 7) is 6.97. The molecule has 8 nitrogen and oxygen atoms in total. The summed E-state index contributed by atoms with van der Waals surface area (Å²) in [5.41, 5.74) is 10.2. The van der Waals surface area contributed by atoms with Gasteiger partial charge in [-0.2, -0.15) is 0 Å². The Morgan fingerprint density at radius 2 is 1.69 bits per heavy atom. The molecule has 1 aromatic heterocycles. The van der Waals surface area contributed by atoms with Crippen LogP contribution in [-0.4, -0.2) is 42.0 Å². The Labute approximate surface area is 210 Å². The first-order chi connectivity index (χ1) is 17.3. The number of pyridine rings is 1. The molecule has 2 aliphatic heterocycles. The zero-order valence-corrected chi connectivity index (χ0v) is 20.6. The zero-order chi connectivity index (χ0) is 25.6. The highest BCUT2D eigenvalue weighted by atomic mass is 16.2. The SMILES string of the molecule is Cc1c(-c2ccc(N3C(=O)[C@@H](C)C[C@H]3C)cc2)ccnc1N1CCN(c2cccc(C(N)=O)c2)C1=O. The van der Waals surface area contributed by atoms with Gasteiger partial charge in [0.2, 0.25) is 11.8 Å². The summed E-state index contributed by atoms with van der Waals surface area (Å²) >= 11 is 0. The summed E-state index contributed by atoms with van der Waals surface area (Å²) in [6, 6.07) is 16.7. The number of nitrogens with two attached hydrogens (primary N) is 1. The van der Waals surface area contributed by atoms with Gasteiger partial charge in [0.25, 0.3) is 0 Å². The molecule has 0 saturated carbocycles. The van der Waals surface area contributed by atoms with Crippen LogP contribution < -0.4 is 20.4 Å². The van der Waals surface area contributed by atoms with Crippen LogP contribution in [0.15, 0.2) is 60.8 Å². The second kappa shape index (κ2) is 9.11. The predicted molar refractivity (Wildman–Crippen MR) is 140 cm³/mol. The fourth-order valence-corrected chi connectivity index (χ4v) is 5.27. The Morgan fingerprint density at radius 1 is 0.972 bits per heavy atom. The lowest BCUT2D eigenvalue weighted by atomic mass is 10.0. The van der Waals surface area contributed by atoms with Crippen LogP contribution in [0.1, 0.15) is 36.2 Å². The van der Waals surface area contributed by atoms with Crippen molar-refractivity contribution in [3.05, 3.63) is 71.9 Å². The molecule has 0 unspecified atom stereocenters. The van der Waals surface area contributed by atoms with E-state index < -0.39 is 5.91 Å². The summed E-state index contributed by atoms with van der Waals surface area (Å²) in [5, 5.41) is 0.